The first-order chi connectivity index (χ1) is 16.2. The number of phosphoric acid groups is 1. The van der Waals surface area contributed by atoms with E-state index in [0.717, 1.165) is 12.8 Å². The zero-order chi connectivity index (χ0) is 25.5. The first kappa shape index (κ1) is 33.3. The molecule has 0 bridgehead atoms. The molecule has 0 saturated heterocycles. The third kappa shape index (κ3) is 25.9. The Morgan fingerprint density at radius 3 is 1.91 bits per heavy atom. The fraction of sp³-hybridized carbons (Fsp3) is 0.846. The standard InChI is InChI=1S/C26H52NO6P/c1-5-6-7-8-9-10-11-12-13-14-15-16-17-18-19-20-22-31-24-26(28)25-33-34(29,30)32-23-21-27(2,3)4/h12-13,20,22,26,28H,5-11,14-19,21,23-25H2,1-4H3/b13-12-,22-20-/t26-/m1/s1. The summed E-state index contributed by atoms with van der Waals surface area (Å²) in [6.45, 7) is 2.41. The topological polar surface area (TPSA) is 88.0 Å². The minimum atomic E-state index is -4.41. The quantitative estimate of drug-likeness (QED) is 0.0592. The summed E-state index contributed by atoms with van der Waals surface area (Å²) in [6, 6.07) is 0. The van der Waals surface area contributed by atoms with E-state index in [0.29, 0.717) is 11.0 Å². The molecule has 0 amide bonds. The van der Waals surface area contributed by atoms with Gasteiger partial charge in [-0.2, -0.15) is 0 Å². The van der Waals surface area contributed by atoms with Crippen molar-refractivity contribution in [1.29, 1.82) is 0 Å². The minimum absolute atomic E-state index is 0.0273. The SMILES string of the molecule is CCCCCCCC/C=C\CCCCCC/C=C\OC[C@@H](O)COP(=O)([O-])OCC[N+](C)(C)C. The van der Waals surface area contributed by atoms with Gasteiger partial charge in [0.15, 0.2) is 0 Å². The number of nitrogens with zero attached hydrogens (tertiary/aromatic N) is 1. The number of rotatable bonds is 24. The highest BCUT2D eigenvalue weighted by atomic mass is 31.2. The van der Waals surface area contributed by atoms with Gasteiger partial charge in [-0.1, -0.05) is 64.0 Å². The molecule has 0 aromatic rings. The third-order valence-electron chi connectivity index (χ3n) is 5.30. The summed E-state index contributed by atoms with van der Waals surface area (Å²) in [4.78, 5) is 11.7. The van der Waals surface area contributed by atoms with Gasteiger partial charge in [-0.25, -0.2) is 0 Å². The number of aliphatic hydroxyl groups excluding tert-OH is 1. The number of allylic oxidation sites excluding steroid dienone is 3. The molecule has 1 unspecified atom stereocenters. The molecule has 7 nitrogen and oxygen atoms in total. The van der Waals surface area contributed by atoms with Crippen LogP contribution in [0.1, 0.15) is 90.4 Å². The second kappa shape index (κ2) is 21.6. The number of hydrogen-bond donors (Lipinski definition) is 1. The van der Waals surface area contributed by atoms with Gasteiger partial charge in [0.05, 0.1) is 34.0 Å². The molecule has 0 aromatic heterocycles. The maximum Gasteiger partial charge on any atom is 0.268 e. The van der Waals surface area contributed by atoms with Crippen LogP contribution >= 0.6 is 7.82 Å². The lowest BCUT2D eigenvalue weighted by molar-refractivity contribution is -0.870. The van der Waals surface area contributed by atoms with Gasteiger partial charge in [-0.05, 0) is 44.6 Å². The normalized spacial score (nSPS) is 15.2. The lowest BCUT2D eigenvalue weighted by atomic mass is 10.1. The summed E-state index contributed by atoms with van der Waals surface area (Å²) in [6.07, 6.45) is 23.4. The fourth-order valence-electron chi connectivity index (χ4n) is 3.15. The molecular formula is C26H52NO6P. The Kier molecular flexibility index (Phi) is 21.1. The molecular weight excluding hydrogens is 453 g/mol. The van der Waals surface area contributed by atoms with Crippen LogP contribution in [0.25, 0.3) is 0 Å². The lowest BCUT2D eigenvalue weighted by Crippen LogP contribution is -2.37. The molecule has 0 heterocycles. The second-order valence-electron chi connectivity index (χ2n) is 9.97. The van der Waals surface area contributed by atoms with E-state index in [-0.39, 0.29) is 19.8 Å². The van der Waals surface area contributed by atoms with Crippen molar-refractivity contribution in [1.82, 2.24) is 0 Å². The van der Waals surface area contributed by atoms with Crippen molar-refractivity contribution in [2.45, 2.75) is 96.5 Å². The molecule has 0 fully saturated rings. The van der Waals surface area contributed by atoms with E-state index < -0.39 is 13.9 Å². The van der Waals surface area contributed by atoms with Crippen LogP contribution in [0.3, 0.4) is 0 Å². The average Bonchev–Trinajstić information content (AvgIpc) is 2.76. The molecule has 0 aromatic carbocycles. The number of phosphoric ester groups is 1. The van der Waals surface area contributed by atoms with Crippen molar-refractivity contribution in [3.8, 4) is 0 Å². The van der Waals surface area contributed by atoms with E-state index in [1.807, 2.05) is 27.2 Å². The Labute approximate surface area is 209 Å². The predicted octanol–water partition coefficient (Wildman–Crippen LogP) is 5.73. The average molecular weight is 506 g/mol. The predicted molar refractivity (Wildman–Crippen MR) is 138 cm³/mol. The van der Waals surface area contributed by atoms with Crippen LogP contribution in [0.15, 0.2) is 24.5 Å². The Morgan fingerprint density at radius 1 is 0.824 bits per heavy atom. The Morgan fingerprint density at radius 2 is 1.35 bits per heavy atom. The number of quaternary nitrogens is 1. The smallest absolute Gasteiger partial charge is 0.268 e. The van der Waals surface area contributed by atoms with Crippen molar-refractivity contribution in [3.63, 3.8) is 0 Å². The fourth-order valence-corrected chi connectivity index (χ4v) is 3.88. The number of likely N-dealkylation sites (N-methyl/N-ethyl adjacent to an activating group) is 1. The molecule has 1 N–H and O–H groups in total. The van der Waals surface area contributed by atoms with E-state index in [9.17, 15) is 14.6 Å². The van der Waals surface area contributed by atoms with Crippen LogP contribution in [0, 0.1) is 0 Å². The van der Waals surface area contributed by atoms with Gasteiger partial charge in [-0.15, -0.1) is 0 Å². The molecule has 2 atom stereocenters. The van der Waals surface area contributed by atoms with E-state index in [4.69, 9.17) is 13.8 Å². The maximum absolute atomic E-state index is 11.7. The first-order valence-electron chi connectivity index (χ1n) is 13.2. The number of hydrogen-bond acceptors (Lipinski definition) is 6. The molecule has 34 heavy (non-hydrogen) atoms. The van der Waals surface area contributed by atoms with Gasteiger partial charge in [0.2, 0.25) is 0 Å². The van der Waals surface area contributed by atoms with E-state index >= 15 is 0 Å². The lowest BCUT2D eigenvalue weighted by Gasteiger charge is -2.27. The van der Waals surface area contributed by atoms with E-state index in [1.54, 1.807) is 6.26 Å². The van der Waals surface area contributed by atoms with Gasteiger partial charge >= 0.3 is 0 Å². The zero-order valence-corrected chi connectivity index (χ0v) is 23.2. The summed E-state index contributed by atoms with van der Waals surface area (Å²) in [7, 11) is 1.40. The molecule has 202 valence electrons. The summed E-state index contributed by atoms with van der Waals surface area (Å²) in [5.41, 5.74) is 0. The molecule has 0 rings (SSSR count). The van der Waals surface area contributed by atoms with Crippen LogP contribution in [0.5, 0.6) is 0 Å². The summed E-state index contributed by atoms with van der Waals surface area (Å²) >= 11 is 0. The summed E-state index contributed by atoms with van der Waals surface area (Å²) in [5.74, 6) is 0. The molecule has 0 spiro atoms. The minimum Gasteiger partial charge on any atom is -0.756 e. The Hall–Kier alpha value is -0.690. The molecule has 0 aliphatic carbocycles. The van der Waals surface area contributed by atoms with Crippen molar-refractivity contribution >= 4 is 7.82 Å². The largest absolute Gasteiger partial charge is 0.756 e. The van der Waals surface area contributed by atoms with Crippen LogP contribution in [-0.4, -0.2) is 63.2 Å². The first-order valence-corrected chi connectivity index (χ1v) is 14.6. The molecule has 0 aliphatic rings. The van der Waals surface area contributed by atoms with Crippen LogP contribution < -0.4 is 4.89 Å². The summed E-state index contributed by atoms with van der Waals surface area (Å²) in [5, 5.41) is 9.79. The number of unbranched alkanes of at least 4 members (excludes halogenated alkanes) is 11. The van der Waals surface area contributed by atoms with Crippen LogP contribution in [-0.2, 0) is 18.3 Å². The Balaban J connectivity index is 3.53. The van der Waals surface area contributed by atoms with Gasteiger partial charge in [-0.3, -0.25) is 4.57 Å². The van der Waals surface area contributed by atoms with Gasteiger partial charge in [0.1, 0.15) is 25.9 Å². The highest BCUT2D eigenvalue weighted by molar-refractivity contribution is 7.45. The number of ether oxygens (including phenoxy) is 1. The van der Waals surface area contributed by atoms with Crippen LogP contribution in [0.2, 0.25) is 0 Å². The van der Waals surface area contributed by atoms with Gasteiger partial charge < -0.3 is 28.3 Å². The highest BCUT2D eigenvalue weighted by Gasteiger charge is 2.15. The monoisotopic (exact) mass is 505 g/mol. The maximum atomic E-state index is 11.7. The van der Waals surface area contributed by atoms with Crippen molar-refractivity contribution in [3.05, 3.63) is 24.5 Å². The van der Waals surface area contributed by atoms with Crippen molar-refractivity contribution < 1.29 is 32.8 Å². The molecule has 8 heteroatoms. The molecule has 0 saturated carbocycles. The van der Waals surface area contributed by atoms with E-state index in [1.165, 1.54) is 70.6 Å². The third-order valence-corrected chi connectivity index (χ3v) is 6.26. The summed E-state index contributed by atoms with van der Waals surface area (Å²) < 4.78 is 27.0. The molecule has 0 radical (unpaired) electrons. The highest BCUT2D eigenvalue weighted by Crippen LogP contribution is 2.38. The van der Waals surface area contributed by atoms with Gasteiger partial charge in [0.25, 0.3) is 7.82 Å². The second-order valence-corrected chi connectivity index (χ2v) is 11.4. The van der Waals surface area contributed by atoms with Gasteiger partial charge in [0, 0.05) is 0 Å². The Bertz CT molecular complexity index is 562. The van der Waals surface area contributed by atoms with Crippen LogP contribution in [0.4, 0.5) is 0 Å². The van der Waals surface area contributed by atoms with Crippen molar-refractivity contribution in [2.24, 2.45) is 0 Å². The van der Waals surface area contributed by atoms with Crippen molar-refractivity contribution in [2.75, 3.05) is 47.5 Å². The number of aliphatic hydroxyl groups is 1. The zero-order valence-electron chi connectivity index (χ0n) is 22.3. The van der Waals surface area contributed by atoms with E-state index in [2.05, 4.69) is 19.1 Å². The molecule has 0 aliphatic heterocycles.